The molecule has 0 heterocycles. The van der Waals surface area contributed by atoms with Crippen LogP contribution in [0.25, 0.3) is 11.1 Å². The summed E-state index contributed by atoms with van der Waals surface area (Å²) in [5, 5.41) is 11.7. The summed E-state index contributed by atoms with van der Waals surface area (Å²) in [6.45, 7) is 2.43. The van der Waals surface area contributed by atoms with Crippen molar-refractivity contribution in [1.82, 2.24) is 0 Å². The molecular formula is C43H40ClNO. The van der Waals surface area contributed by atoms with Gasteiger partial charge in [0.25, 0.3) is 0 Å². The predicted molar refractivity (Wildman–Crippen MR) is 192 cm³/mol. The molecule has 46 heavy (non-hydrogen) atoms. The van der Waals surface area contributed by atoms with Crippen LogP contribution in [0.3, 0.4) is 0 Å². The molecule has 1 N–H and O–H groups in total. The fourth-order valence-electron chi connectivity index (χ4n) is 7.91. The molecule has 2 nitrogen and oxygen atoms in total. The van der Waals surface area contributed by atoms with E-state index in [4.69, 9.17) is 11.6 Å². The fourth-order valence-corrected chi connectivity index (χ4v) is 8.14. The second-order valence-corrected chi connectivity index (χ2v) is 13.6. The lowest BCUT2D eigenvalue weighted by Crippen LogP contribution is -2.27. The zero-order chi connectivity index (χ0) is 31.5. The summed E-state index contributed by atoms with van der Waals surface area (Å²) in [5.74, 6) is 7.87. The summed E-state index contributed by atoms with van der Waals surface area (Å²) in [6, 6.07) is 29.6. The van der Waals surface area contributed by atoms with Crippen LogP contribution in [0.1, 0.15) is 97.9 Å². The quantitative estimate of drug-likeness (QED) is 0.162. The van der Waals surface area contributed by atoms with E-state index < -0.39 is 0 Å². The Labute approximate surface area is 278 Å². The van der Waals surface area contributed by atoms with Gasteiger partial charge in [-0.05, 0) is 101 Å². The third-order valence-electron chi connectivity index (χ3n) is 10.3. The number of phenolic OH excluding ortho intramolecular Hbond substituents is 1. The Bertz CT molecular complexity index is 1850. The molecule has 3 aliphatic carbocycles. The van der Waals surface area contributed by atoms with Crippen LogP contribution < -0.4 is 0 Å². The molecule has 1 fully saturated rings. The standard InChI is InChI=1S/C43H40ClNO/c1-43(33-16-5-6-17-33,41-38-20-9-7-18-36(38)37-19-8-10-21-39(37)41)26-12-11-13-30-22-24-35(25-23-30)45-29-32-27-34(44)28-40(42(32)46)31-14-3-2-4-15-31/h5,7-10,16-25,27-29,31,41,46H,2-4,6,12,14-15,26H2,1H3. The number of aliphatic imine (C=N–C) groups is 1. The molecule has 3 heteroatoms. The van der Waals surface area contributed by atoms with Crippen LogP contribution in [0, 0.1) is 17.3 Å². The molecule has 1 saturated carbocycles. The highest BCUT2D eigenvalue weighted by atomic mass is 35.5. The summed E-state index contributed by atoms with van der Waals surface area (Å²) in [5.41, 5.74) is 10.3. The van der Waals surface area contributed by atoms with Crippen LogP contribution in [-0.4, -0.2) is 11.3 Å². The van der Waals surface area contributed by atoms with Gasteiger partial charge in [0.15, 0.2) is 0 Å². The molecule has 0 aromatic heterocycles. The number of nitrogens with zero attached hydrogens (tertiary/aromatic N) is 1. The van der Waals surface area contributed by atoms with Gasteiger partial charge in [-0.25, -0.2) is 0 Å². The highest BCUT2D eigenvalue weighted by molar-refractivity contribution is 6.31. The number of allylic oxidation sites excluding steroid dienone is 4. The molecule has 0 radical (unpaired) electrons. The third-order valence-corrected chi connectivity index (χ3v) is 10.5. The van der Waals surface area contributed by atoms with Crippen LogP contribution in [0.15, 0.2) is 114 Å². The van der Waals surface area contributed by atoms with Crippen LogP contribution >= 0.6 is 11.6 Å². The molecule has 3 aliphatic rings. The number of halogens is 1. The number of fused-ring (bicyclic) bond motifs is 3. The number of rotatable bonds is 7. The summed E-state index contributed by atoms with van der Waals surface area (Å²) in [7, 11) is 0. The molecule has 7 rings (SSSR count). The van der Waals surface area contributed by atoms with E-state index >= 15 is 0 Å². The zero-order valence-electron chi connectivity index (χ0n) is 26.5. The molecule has 0 bridgehead atoms. The van der Waals surface area contributed by atoms with Gasteiger partial charge in [-0.3, -0.25) is 4.99 Å². The van der Waals surface area contributed by atoms with Crippen LogP contribution in [0.4, 0.5) is 5.69 Å². The first-order valence-electron chi connectivity index (χ1n) is 16.7. The maximum atomic E-state index is 11.0. The monoisotopic (exact) mass is 621 g/mol. The van der Waals surface area contributed by atoms with Crippen LogP contribution in [-0.2, 0) is 0 Å². The lowest BCUT2D eigenvalue weighted by molar-refractivity contribution is 0.335. The number of hydrogen-bond acceptors (Lipinski definition) is 2. The molecule has 4 aromatic rings. The van der Waals surface area contributed by atoms with Gasteiger partial charge in [0.05, 0.1) is 5.69 Å². The van der Waals surface area contributed by atoms with Gasteiger partial charge < -0.3 is 5.11 Å². The molecule has 0 saturated heterocycles. The minimum absolute atomic E-state index is 0.0638. The molecule has 0 aliphatic heterocycles. The van der Waals surface area contributed by atoms with Crippen molar-refractivity contribution in [2.75, 3.05) is 0 Å². The Balaban J connectivity index is 1.07. The summed E-state index contributed by atoms with van der Waals surface area (Å²) in [4.78, 5) is 4.66. The number of hydrogen-bond donors (Lipinski definition) is 1. The average molecular weight is 622 g/mol. The van der Waals surface area contributed by atoms with Crippen molar-refractivity contribution in [3.8, 4) is 28.7 Å². The van der Waals surface area contributed by atoms with E-state index in [1.807, 2.05) is 30.3 Å². The third kappa shape index (κ3) is 5.97. The van der Waals surface area contributed by atoms with Crippen molar-refractivity contribution in [2.24, 2.45) is 10.4 Å². The van der Waals surface area contributed by atoms with Crippen LogP contribution in [0.5, 0.6) is 5.75 Å². The Kier molecular flexibility index (Phi) is 8.70. The van der Waals surface area contributed by atoms with Crippen molar-refractivity contribution in [1.29, 1.82) is 0 Å². The molecule has 1 unspecified atom stereocenters. The van der Waals surface area contributed by atoms with Crippen molar-refractivity contribution >= 4 is 23.5 Å². The molecular weight excluding hydrogens is 582 g/mol. The van der Waals surface area contributed by atoms with Gasteiger partial charge in [0.1, 0.15) is 5.75 Å². The normalized spacial score (nSPS) is 17.3. The first kappa shape index (κ1) is 30.3. The van der Waals surface area contributed by atoms with E-state index in [0.717, 1.165) is 48.9 Å². The van der Waals surface area contributed by atoms with Crippen LogP contribution in [0.2, 0.25) is 5.02 Å². The molecule has 0 amide bonds. The number of phenols is 1. The van der Waals surface area contributed by atoms with E-state index in [2.05, 4.69) is 90.5 Å². The lowest BCUT2D eigenvalue weighted by Gasteiger charge is -2.38. The SMILES string of the molecule is CC(CCC#Cc1ccc(N=Cc2cc(Cl)cc(C3CCCCC3)c2O)cc1)(C1=CCC=C1)C1c2ccccc2-c2ccccc21. The van der Waals surface area contributed by atoms with Gasteiger partial charge in [-0.2, -0.15) is 0 Å². The summed E-state index contributed by atoms with van der Waals surface area (Å²) < 4.78 is 0. The zero-order valence-corrected chi connectivity index (χ0v) is 27.2. The Morgan fingerprint density at radius 1 is 0.891 bits per heavy atom. The highest BCUT2D eigenvalue weighted by Crippen LogP contribution is 2.57. The Morgan fingerprint density at radius 2 is 1.59 bits per heavy atom. The van der Waals surface area contributed by atoms with Gasteiger partial charge in [-0.15, -0.1) is 0 Å². The van der Waals surface area contributed by atoms with Gasteiger partial charge in [0, 0.05) is 40.1 Å². The first-order chi connectivity index (χ1) is 22.5. The van der Waals surface area contributed by atoms with Gasteiger partial charge >= 0.3 is 0 Å². The van der Waals surface area contributed by atoms with E-state index in [9.17, 15) is 5.11 Å². The second-order valence-electron chi connectivity index (χ2n) is 13.2. The number of aromatic hydroxyl groups is 1. The van der Waals surface area contributed by atoms with Gasteiger partial charge in [-0.1, -0.05) is 116 Å². The maximum absolute atomic E-state index is 11.0. The van der Waals surface area contributed by atoms with Gasteiger partial charge in [0.2, 0.25) is 0 Å². The minimum atomic E-state index is -0.0638. The predicted octanol–water partition coefficient (Wildman–Crippen LogP) is 11.7. The Morgan fingerprint density at radius 3 is 2.26 bits per heavy atom. The topological polar surface area (TPSA) is 32.6 Å². The average Bonchev–Trinajstić information content (AvgIpc) is 3.76. The molecule has 4 aromatic carbocycles. The first-order valence-corrected chi connectivity index (χ1v) is 17.1. The van der Waals surface area contributed by atoms with Crippen molar-refractivity contribution in [2.45, 2.75) is 70.1 Å². The van der Waals surface area contributed by atoms with E-state index in [1.165, 1.54) is 47.1 Å². The number of benzene rings is 4. The minimum Gasteiger partial charge on any atom is -0.507 e. The highest BCUT2D eigenvalue weighted by Gasteiger charge is 2.43. The van der Waals surface area contributed by atoms with Crippen molar-refractivity contribution in [3.63, 3.8) is 0 Å². The van der Waals surface area contributed by atoms with E-state index in [1.54, 1.807) is 12.3 Å². The lowest BCUT2D eigenvalue weighted by atomic mass is 9.65. The molecule has 0 spiro atoms. The van der Waals surface area contributed by atoms with Crippen molar-refractivity contribution < 1.29 is 5.11 Å². The summed E-state index contributed by atoms with van der Waals surface area (Å²) >= 11 is 6.46. The Hall–Kier alpha value is -4.32. The smallest absolute Gasteiger partial charge is 0.127 e. The van der Waals surface area contributed by atoms with Crippen molar-refractivity contribution in [3.05, 3.63) is 142 Å². The summed E-state index contributed by atoms with van der Waals surface area (Å²) in [6.07, 6.45) is 17.4. The largest absolute Gasteiger partial charge is 0.507 e. The second kappa shape index (κ2) is 13.2. The fraction of sp³-hybridized carbons (Fsp3) is 0.279. The molecule has 1 atom stereocenters. The molecule has 230 valence electrons. The maximum Gasteiger partial charge on any atom is 0.127 e. The van der Waals surface area contributed by atoms with E-state index in [-0.39, 0.29) is 5.41 Å². The van der Waals surface area contributed by atoms with E-state index in [0.29, 0.717) is 28.2 Å².